The minimum Gasteiger partial charge on any atom is -0.309 e. The number of nitrogens with zero attached hydrogens (tertiary/aromatic N) is 1. The molecule has 0 aliphatic heterocycles. The van der Waals surface area contributed by atoms with Crippen LogP contribution < -0.4 is 0 Å². The molecule has 0 spiro atoms. The average Bonchev–Trinajstić information content (AvgIpc) is 3.50. The third kappa shape index (κ3) is 2.60. The summed E-state index contributed by atoms with van der Waals surface area (Å²) in [6.07, 6.45) is 0. The molecule has 2 aromatic heterocycles. The zero-order valence-electron chi connectivity index (χ0n) is 20.5. The van der Waals surface area contributed by atoms with Gasteiger partial charge in [0.05, 0.1) is 16.7 Å². The first-order valence-electron chi connectivity index (χ1n) is 13.0. The zero-order chi connectivity index (χ0) is 24.8. The van der Waals surface area contributed by atoms with Crippen LogP contribution in [0.4, 0.5) is 0 Å². The summed E-state index contributed by atoms with van der Waals surface area (Å²) in [5.74, 6) is 0. The number of fused-ring (bicyclic) bond motifs is 12. The van der Waals surface area contributed by atoms with Crippen LogP contribution in [0.5, 0.6) is 0 Å². The lowest BCUT2D eigenvalue weighted by Gasteiger charge is -2.16. The monoisotopic (exact) mass is 499 g/mol. The lowest BCUT2D eigenvalue weighted by molar-refractivity contribution is 1.20. The summed E-state index contributed by atoms with van der Waals surface area (Å²) in [6.45, 7) is 0. The van der Waals surface area contributed by atoms with Crippen molar-refractivity contribution in [2.24, 2.45) is 0 Å². The lowest BCUT2D eigenvalue weighted by atomic mass is 9.93. The fourth-order valence-corrected chi connectivity index (χ4v) is 7.69. The minimum absolute atomic E-state index is 1.23. The number of hydrogen-bond acceptors (Lipinski definition) is 1. The van der Waals surface area contributed by atoms with Crippen molar-refractivity contribution in [2.45, 2.75) is 0 Å². The Bertz CT molecular complexity index is 2360. The highest BCUT2D eigenvalue weighted by atomic mass is 32.1. The number of rotatable bonds is 1. The van der Waals surface area contributed by atoms with Crippen LogP contribution in [0.3, 0.4) is 0 Å². The summed E-state index contributed by atoms with van der Waals surface area (Å²) in [7, 11) is 0. The summed E-state index contributed by atoms with van der Waals surface area (Å²) in [5.41, 5.74) is 3.74. The van der Waals surface area contributed by atoms with Gasteiger partial charge in [-0.05, 0) is 57.3 Å². The van der Waals surface area contributed by atoms with E-state index in [-0.39, 0.29) is 0 Å². The molecular weight excluding hydrogens is 478 g/mol. The van der Waals surface area contributed by atoms with Crippen LogP contribution in [-0.2, 0) is 0 Å². The third-order valence-corrected chi connectivity index (χ3v) is 9.29. The summed E-state index contributed by atoms with van der Waals surface area (Å²) >= 11 is 1.89. The van der Waals surface area contributed by atoms with E-state index in [2.05, 4.69) is 132 Å². The molecule has 0 aliphatic rings. The van der Waals surface area contributed by atoms with Gasteiger partial charge < -0.3 is 4.57 Å². The van der Waals surface area contributed by atoms with Crippen LogP contribution >= 0.6 is 11.3 Å². The number of thiophene rings is 1. The molecule has 0 saturated carbocycles. The summed E-state index contributed by atoms with van der Waals surface area (Å²) in [5, 5.41) is 13.1. The minimum atomic E-state index is 1.23. The van der Waals surface area contributed by atoms with Gasteiger partial charge in [0.25, 0.3) is 0 Å². The van der Waals surface area contributed by atoms with E-state index in [1.165, 1.54) is 80.0 Å². The fraction of sp³-hybridized carbons (Fsp3) is 0. The number of benzene rings is 7. The first-order valence-corrected chi connectivity index (χ1v) is 13.9. The van der Waals surface area contributed by atoms with Crippen molar-refractivity contribution in [3.8, 4) is 5.69 Å². The molecule has 9 rings (SSSR count). The smallest absolute Gasteiger partial charge is 0.0555 e. The molecule has 0 fully saturated rings. The maximum Gasteiger partial charge on any atom is 0.0555 e. The van der Waals surface area contributed by atoms with Crippen LogP contribution in [0.15, 0.2) is 127 Å². The van der Waals surface area contributed by atoms with E-state index >= 15 is 0 Å². The molecule has 0 bridgehead atoms. The highest BCUT2D eigenvalue weighted by Gasteiger charge is 2.18. The van der Waals surface area contributed by atoms with Gasteiger partial charge in [0, 0.05) is 36.3 Å². The molecule has 0 saturated heterocycles. The quantitative estimate of drug-likeness (QED) is 0.198. The van der Waals surface area contributed by atoms with E-state index in [0.29, 0.717) is 0 Å². The highest BCUT2D eigenvalue weighted by molar-refractivity contribution is 7.25. The Morgan fingerprint density at radius 3 is 1.71 bits per heavy atom. The van der Waals surface area contributed by atoms with E-state index in [0.717, 1.165) is 0 Å². The van der Waals surface area contributed by atoms with E-state index in [9.17, 15) is 0 Å². The molecule has 38 heavy (non-hydrogen) atoms. The van der Waals surface area contributed by atoms with Crippen LogP contribution in [0, 0.1) is 0 Å². The largest absolute Gasteiger partial charge is 0.309 e. The summed E-state index contributed by atoms with van der Waals surface area (Å²) in [6, 6.07) is 46.9. The molecular formula is C36H21NS. The predicted molar refractivity (Wildman–Crippen MR) is 166 cm³/mol. The van der Waals surface area contributed by atoms with Gasteiger partial charge in [0.1, 0.15) is 0 Å². The van der Waals surface area contributed by atoms with Gasteiger partial charge in [-0.15, -0.1) is 11.3 Å². The fourth-order valence-electron chi connectivity index (χ4n) is 6.57. The number of para-hydroxylation sites is 1. The second-order valence-electron chi connectivity index (χ2n) is 10.1. The molecule has 9 aromatic rings. The van der Waals surface area contributed by atoms with Crippen molar-refractivity contribution >= 4 is 85.6 Å². The van der Waals surface area contributed by atoms with Gasteiger partial charge in [0.2, 0.25) is 0 Å². The van der Waals surface area contributed by atoms with Crippen molar-refractivity contribution in [3.63, 3.8) is 0 Å². The molecule has 0 atom stereocenters. The Morgan fingerprint density at radius 1 is 0.368 bits per heavy atom. The van der Waals surface area contributed by atoms with Gasteiger partial charge in [0.15, 0.2) is 0 Å². The number of aromatic nitrogens is 1. The molecule has 176 valence electrons. The summed E-state index contributed by atoms with van der Waals surface area (Å²) in [4.78, 5) is 0. The molecule has 0 radical (unpaired) electrons. The summed E-state index contributed by atoms with van der Waals surface area (Å²) < 4.78 is 5.17. The number of hydrogen-bond donors (Lipinski definition) is 0. The Hall–Kier alpha value is -4.66. The molecule has 0 unspecified atom stereocenters. The Morgan fingerprint density at radius 2 is 0.947 bits per heavy atom. The second kappa shape index (κ2) is 7.44. The Kier molecular flexibility index (Phi) is 3.99. The standard InChI is InChI=1S/C36H21NS/c1-2-11-24-22(10-1)23-12-3-4-15-27(23)36-28(24)16-9-18-32(36)37-31-17-7-5-13-25(31)29-20-30-26-14-6-8-19-34(26)38-35(30)21-33(29)37/h1-21H. The maximum atomic E-state index is 2.50. The third-order valence-electron chi connectivity index (χ3n) is 8.16. The van der Waals surface area contributed by atoms with Crippen LogP contribution in [-0.4, -0.2) is 4.57 Å². The highest BCUT2D eigenvalue weighted by Crippen LogP contribution is 2.43. The molecule has 0 N–H and O–H groups in total. The van der Waals surface area contributed by atoms with Gasteiger partial charge in [-0.2, -0.15) is 0 Å². The Labute approximate surface area is 222 Å². The normalized spacial score (nSPS) is 12.2. The molecule has 0 amide bonds. The average molecular weight is 500 g/mol. The van der Waals surface area contributed by atoms with Gasteiger partial charge >= 0.3 is 0 Å². The predicted octanol–water partition coefficient (Wildman–Crippen LogP) is 10.6. The first kappa shape index (κ1) is 20.4. The SMILES string of the molecule is c1ccc2c(c1)sc1cc3c(cc12)c1ccccc1n3-c1cccc2c3ccccc3c3ccccc3c12. The molecule has 2 heteroatoms. The van der Waals surface area contributed by atoms with Crippen LogP contribution in [0.25, 0.3) is 80.0 Å². The zero-order valence-corrected chi connectivity index (χ0v) is 21.3. The second-order valence-corrected chi connectivity index (χ2v) is 11.2. The lowest BCUT2D eigenvalue weighted by Crippen LogP contribution is -1.96. The van der Waals surface area contributed by atoms with Crippen molar-refractivity contribution in [2.75, 3.05) is 0 Å². The van der Waals surface area contributed by atoms with Crippen molar-refractivity contribution in [1.29, 1.82) is 0 Å². The van der Waals surface area contributed by atoms with E-state index < -0.39 is 0 Å². The van der Waals surface area contributed by atoms with Crippen LogP contribution in [0.2, 0.25) is 0 Å². The van der Waals surface area contributed by atoms with Crippen molar-refractivity contribution in [1.82, 2.24) is 4.57 Å². The maximum absolute atomic E-state index is 2.50. The molecule has 1 nitrogen and oxygen atoms in total. The molecule has 2 heterocycles. The van der Waals surface area contributed by atoms with E-state index in [1.54, 1.807) is 0 Å². The van der Waals surface area contributed by atoms with Crippen molar-refractivity contribution in [3.05, 3.63) is 127 Å². The van der Waals surface area contributed by atoms with E-state index in [1.807, 2.05) is 11.3 Å². The van der Waals surface area contributed by atoms with Crippen LogP contribution in [0.1, 0.15) is 0 Å². The van der Waals surface area contributed by atoms with Gasteiger partial charge in [-0.25, -0.2) is 0 Å². The van der Waals surface area contributed by atoms with Crippen molar-refractivity contribution < 1.29 is 0 Å². The molecule has 0 aliphatic carbocycles. The topological polar surface area (TPSA) is 4.93 Å². The first-order chi connectivity index (χ1) is 18.9. The molecule has 7 aromatic carbocycles. The van der Waals surface area contributed by atoms with E-state index in [4.69, 9.17) is 0 Å². The van der Waals surface area contributed by atoms with Gasteiger partial charge in [-0.1, -0.05) is 97.1 Å². The Balaban J connectivity index is 1.52. The van der Waals surface area contributed by atoms with Gasteiger partial charge in [-0.3, -0.25) is 0 Å².